The molecular weight excluding hydrogens is 334 g/mol. The molecule has 0 aliphatic heterocycles. The summed E-state index contributed by atoms with van der Waals surface area (Å²) < 4.78 is 11.7. The van der Waals surface area contributed by atoms with Gasteiger partial charge in [0.15, 0.2) is 0 Å². The summed E-state index contributed by atoms with van der Waals surface area (Å²) in [5, 5.41) is 10.6. The van der Waals surface area contributed by atoms with Crippen LogP contribution in [-0.4, -0.2) is 34.8 Å². The van der Waals surface area contributed by atoms with Crippen LogP contribution in [0.25, 0.3) is 10.9 Å². The van der Waals surface area contributed by atoms with E-state index in [9.17, 15) is 14.7 Å². The molecule has 0 saturated heterocycles. The van der Waals surface area contributed by atoms with Gasteiger partial charge in [-0.3, -0.25) is 4.79 Å². The number of phenolic OH excluding ortho intramolecular Hbond substituents is 1. The number of fused-ring (bicyclic) bond motifs is 1. The third-order valence-corrected chi connectivity index (χ3v) is 3.80. The number of carbonyl (C=O) groups is 2. The highest BCUT2D eigenvalue weighted by Crippen LogP contribution is 2.33. The molecule has 0 unspecified atom stereocenters. The summed E-state index contributed by atoms with van der Waals surface area (Å²) in [5.74, 6) is -0.729. The van der Waals surface area contributed by atoms with Crippen molar-refractivity contribution in [2.24, 2.45) is 0 Å². The molecule has 0 radical (unpaired) electrons. The summed E-state index contributed by atoms with van der Waals surface area (Å²) in [5.41, 5.74) is 0.958. The zero-order valence-electron chi connectivity index (χ0n) is 13.7. The van der Waals surface area contributed by atoms with E-state index in [1.165, 1.54) is 12.1 Å². The van der Waals surface area contributed by atoms with E-state index < -0.39 is 5.97 Å². The van der Waals surface area contributed by atoms with Crippen LogP contribution in [-0.2, 0) is 20.8 Å². The molecule has 0 aliphatic carbocycles. The van der Waals surface area contributed by atoms with Gasteiger partial charge in [0.25, 0.3) is 0 Å². The van der Waals surface area contributed by atoms with Gasteiger partial charge < -0.3 is 19.1 Å². The number of aryl methyl sites for hydroxylation is 1. The van der Waals surface area contributed by atoms with Gasteiger partial charge in [-0.05, 0) is 26.3 Å². The summed E-state index contributed by atoms with van der Waals surface area (Å²) in [7, 11) is 0. The fourth-order valence-electron chi connectivity index (χ4n) is 2.54. The molecular formula is C17H20ClNO5. The number of hydrogen-bond acceptors (Lipinski definition) is 5. The summed E-state index contributed by atoms with van der Waals surface area (Å²) in [6, 6.07) is 2.92. The maximum atomic E-state index is 12.1. The number of esters is 2. The third-order valence-electron chi connectivity index (χ3n) is 3.50. The molecule has 0 atom stereocenters. The van der Waals surface area contributed by atoms with Crippen molar-refractivity contribution in [3.05, 3.63) is 28.9 Å². The second-order valence-corrected chi connectivity index (χ2v) is 5.59. The number of ether oxygens (including phenoxy) is 2. The smallest absolute Gasteiger partial charge is 0.340 e. The van der Waals surface area contributed by atoms with Crippen molar-refractivity contribution < 1.29 is 24.2 Å². The first-order valence-electron chi connectivity index (χ1n) is 7.82. The second-order valence-electron chi connectivity index (χ2n) is 5.19. The molecule has 1 aromatic carbocycles. The van der Waals surface area contributed by atoms with Crippen LogP contribution >= 0.6 is 11.6 Å². The number of nitrogens with zero attached hydrogens (tertiary/aromatic N) is 1. The Balaban J connectivity index is 2.32. The first-order chi connectivity index (χ1) is 11.5. The van der Waals surface area contributed by atoms with Crippen molar-refractivity contribution in [2.75, 3.05) is 13.2 Å². The quantitative estimate of drug-likeness (QED) is 0.770. The van der Waals surface area contributed by atoms with Crippen LogP contribution in [0.5, 0.6) is 5.75 Å². The van der Waals surface area contributed by atoms with Gasteiger partial charge in [0, 0.05) is 30.6 Å². The number of aromatic hydroxyl groups is 1. The summed E-state index contributed by atoms with van der Waals surface area (Å²) in [4.78, 5) is 23.6. The largest absolute Gasteiger partial charge is 0.508 e. The Morgan fingerprint density at radius 3 is 2.58 bits per heavy atom. The van der Waals surface area contributed by atoms with Gasteiger partial charge in [-0.2, -0.15) is 0 Å². The lowest BCUT2D eigenvalue weighted by Crippen LogP contribution is -2.06. The predicted octanol–water partition coefficient (Wildman–Crippen LogP) is 3.52. The van der Waals surface area contributed by atoms with E-state index in [2.05, 4.69) is 0 Å². The van der Waals surface area contributed by atoms with E-state index >= 15 is 0 Å². The van der Waals surface area contributed by atoms with Crippen molar-refractivity contribution in [3.8, 4) is 5.75 Å². The predicted molar refractivity (Wildman–Crippen MR) is 90.4 cm³/mol. The Morgan fingerprint density at radius 1 is 1.21 bits per heavy atom. The molecule has 0 aliphatic rings. The first-order valence-corrected chi connectivity index (χ1v) is 8.19. The van der Waals surface area contributed by atoms with E-state index in [0.29, 0.717) is 36.0 Å². The summed E-state index contributed by atoms with van der Waals surface area (Å²) >= 11 is 6.20. The van der Waals surface area contributed by atoms with Gasteiger partial charge in [-0.1, -0.05) is 11.6 Å². The minimum atomic E-state index is -0.473. The van der Waals surface area contributed by atoms with Gasteiger partial charge in [-0.25, -0.2) is 4.79 Å². The Labute approximate surface area is 144 Å². The zero-order valence-corrected chi connectivity index (χ0v) is 14.4. The number of hydrogen-bond donors (Lipinski definition) is 1. The molecule has 0 fully saturated rings. The van der Waals surface area contributed by atoms with Crippen molar-refractivity contribution >= 4 is 34.4 Å². The Bertz CT molecular complexity index is 753. The highest BCUT2D eigenvalue weighted by Gasteiger charge is 2.19. The molecule has 6 nitrogen and oxygen atoms in total. The summed E-state index contributed by atoms with van der Waals surface area (Å²) in [6.45, 7) is 4.57. The minimum Gasteiger partial charge on any atom is -0.508 e. The van der Waals surface area contributed by atoms with Crippen LogP contribution in [0.15, 0.2) is 18.3 Å². The second kappa shape index (κ2) is 8.06. The topological polar surface area (TPSA) is 77.8 Å². The van der Waals surface area contributed by atoms with E-state index in [4.69, 9.17) is 21.1 Å². The average Bonchev–Trinajstić information content (AvgIpc) is 2.87. The number of halogens is 1. The lowest BCUT2D eigenvalue weighted by molar-refractivity contribution is -0.143. The van der Waals surface area contributed by atoms with Crippen LogP contribution in [0.1, 0.15) is 37.0 Å². The SMILES string of the molecule is CCOC(=O)CCCn1cc(C(=O)OCC)c2c(Cl)cc(O)cc21. The molecule has 130 valence electrons. The fraction of sp³-hybridized carbons (Fsp3) is 0.412. The normalized spacial score (nSPS) is 10.8. The molecule has 1 heterocycles. The number of aromatic nitrogens is 1. The van der Waals surface area contributed by atoms with Crippen LogP contribution < -0.4 is 0 Å². The molecule has 1 N–H and O–H groups in total. The highest BCUT2D eigenvalue weighted by molar-refractivity contribution is 6.37. The lowest BCUT2D eigenvalue weighted by Gasteiger charge is -2.06. The summed E-state index contributed by atoms with van der Waals surface area (Å²) in [6.07, 6.45) is 2.45. The molecule has 7 heteroatoms. The number of benzene rings is 1. The van der Waals surface area contributed by atoms with Gasteiger partial charge >= 0.3 is 11.9 Å². The van der Waals surface area contributed by atoms with E-state index in [0.717, 1.165) is 0 Å². The van der Waals surface area contributed by atoms with Crippen molar-refractivity contribution in [1.82, 2.24) is 4.57 Å². The fourth-order valence-corrected chi connectivity index (χ4v) is 2.85. The molecule has 0 bridgehead atoms. The molecule has 2 rings (SSSR count). The van der Waals surface area contributed by atoms with Gasteiger partial charge in [0.05, 0.1) is 29.3 Å². The number of rotatable bonds is 7. The zero-order chi connectivity index (χ0) is 17.7. The Hall–Kier alpha value is -2.21. The standard InChI is InChI=1S/C17H20ClNO5/c1-3-23-15(21)6-5-7-19-10-12(17(22)24-4-2)16-13(18)8-11(20)9-14(16)19/h8-10,20H,3-7H2,1-2H3. The maximum absolute atomic E-state index is 12.1. The molecule has 24 heavy (non-hydrogen) atoms. The molecule has 0 amide bonds. The monoisotopic (exact) mass is 353 g/mol. The molecule has 0 spiro atoms. The third kappa shape index (κ3) is 4.00. The van der Waals surface area contributed by atoms with E-state index in [1.807, 2.05) is 0 Å². The lowest BCUT2D eigenvalue weighted by atomic mass is 10.1. The molecule has 0 saturated carbocycles. The first kappa shape index (κ1) is 18.1. The van der Waals surface area contributed by atoms with E-state index in [1.54, 1.807) is 24.6 Å². The van der Waals surface area contributed by atoms with Crippen LogP contribution in [0.2, 0.25) is 5.02 Å². The van der Waals surface area contributed by atoms with Crippen LogP contribution in [0.4, 0.5) is 0 Å². The van der Waals surface area contributed by atoms with Crippen LogP contribution in [0, 0.1) is 0 Å². The van der Waals surface area contributed by atoms with Gasteiger partial charge in [0.1, 0.15) is 5.75 Å². The van der Waals surface area contributed by atoms with Gasteiger partial charge in [0.2, 0.25) is 0 Å². The van der Waals surface area contributed by atoms with Gasteiger partial charge in [-0.15, -0.1) is 0 Å². The van der Waals surface area contributed by atoms with Crippen molar-refractivity contribution in [3.63, 3.8) is 0 Å². The van der Waals surface area contributed by atoms with Crippen molar-refractivity contribution in [1.29, 1.82) is 0 Å². The van der Waals surface area contributed by atoms with E-state index in [-0.39, 0.29) is 29.8 Å². The highest BCUT2D eigenvalue weighted by atomic mass is 35.5. The van der Waals surface area contributed by atoms with Crippen LogP contribution in [0.3, 0.4) is 0 Å². The molecule has 2 aromatic rings. The number of carbonyl (C=O) groups excluding carboxylic acids is 2. The Kier molecular flexibility index (Phi) is 6.09. The van der Waals surface area contributed by atoms with Crippen molar-refractivity contribution in [2.45, 2.75) is 33.2 Å². The minimum absolute atomic E-state index is 0.00708. The Morgan fingerprint density at radius 2 is 1.92 bits per heavy atom. The average molecular weight is 354 g/mol. The number of phenols is 1. The maximum Gasteiger partial charge on any atom is 0.340 e. The molecule has 1 aromatic heterocycles.